The Balaban J connectivity index is 1.55. The van der Waals surface area contributed by atoms with Crippen molar-refractivity contribution in [3.8, 4) is 0 Å². The number of piperidine rings is 1. The van der Waals surface area contributed by atoms with Crippen LogP contribution in [0.2, 0.25) is 0 Å². The van der Waals surface area contributed by atoms with Gasteiger partial charge in [-0.2, -0.15) is 8.78 Å². The maximum absolute atomic E-state index is 13.9. The molecule has 1 saturated heterocycles. The minimum Gasteiger partial charge on any atom is -0.445 e. The number of ether oxygens (including phenoxy) is 1. The summed E-state index contributed by atoms with van der Waals surface area (Å²) >= 11 is 0. The minimum absolute atomic E-state index is 0.176. The molecule has 1 aliphatic carbocycles. The van der Waals surface area contributed by atoms with Gasteiger partial charge in [0.2, 0.25) is 5.78 Å². The Morgan fingerprint density at radius 2 is 1.88 bits per heavy atom. The number of carbonyl (C=O) groups excluding carboxylic acids is 2. The van der Waals surface area contributed by atoms with E-state index in [1.807, 2.05) is 30.3 Å². The zero-order valence-corrected chi connectivity index (χ0v) is 13.6. The van der Waals surface area contributed by atoms with Gasteiger partial charge in [-0.3, -0.25) is 4.79 Å². The summed E-state index contributed by atoms with van der Waals surface area (Å²) in [6, 6.07) is 9.32. The number of nitrogens with zero attached hydrogens (tertiary/aromatic N) is 1. The highest BCUT2D eigenvalue weighted by molar-refractivity contribution is 5.94. The van der Waals surface area contributed by atoms with Crippen molar-refractivity contribution >= 4 is 11.9 Å². The third-order valence-corrected chi connectivity index (χ3v) is 5.28. The van der Waals surface area contributed by atoms with Crippen molar-refractivity contribution < 1.29 is 23.1 Å². The fourth-order valence-electron chi connectivity index (χ4n) is 3.74. The van der Waals surface area contributed by atoms with Crippen LogP contribution in [-0.2, 0) is 16.1 Å². The van der Waals surface area contributed by atoms with E-state index < -0.39 is 29.1 Å². The Morgan fingerprint density at radius 3 is 2.42 bits per heavy atom. The van der Waals surface area contributed by atoms with Gasteiger partial charge < -0.3 is 9.64 Å². The van der Waals surface area contributed by atoms with Gasteiger partial charge >= 0.3 is 12.0 Å². The fraction of sp³-hybridized carbons (Fsp3) is 0.556. The first-order valence-electron chi connectivity index (χ1n) is 8.23. The zero-order chi connectivity index (χ0) is 17.4. The third-order valence-electron chi connectivity index (χ3n) is 5.28. The Morgan fingerprint density at radius 1 is 1.25 bits per heavy atom. The van der Waals surface area contributed by atoms with Crippen LogP contribution in [0.5, 0.6) is 0 Å². The maximum Gasteiger partial charge on any atom is 0.410 e. The summed E-state index contributed by atoms with van der Waals surface area (Å²) in [7, 11) is 0. The van der Waals surface area contributed by atoms with Crippen LogP contribution >= 0.6 is 0 Å². The number of hydrogen-bond acceptors (Lipinski definition) is 3. The molecule has 0 N–H and O–H groups in total. The number of rotatable bonds is 2. The number of halogens is 2. The molecule has 2 fully saturated rings. The van der Waals surface area contributed by atoms with Crippen LogP contribution in [0.25, 0.3) is 0 Å². The van der Waals surface area contributed by atoms with E-state index in [-0.39, 0.29) is 39.0 Å². The van der Waals surface area contributed by atoms with Crippen LogP contribution in [0.1, 0.15) is 31.7 Å². The zero-order valence-electron chi connectivity index (χ0n) is 13.6. The summed E-state index contributed by atoms with van der Waals surface area (Å²) in [6.07, 6.45) is 0.309. The van der Waals surface area contributed by atoms with Gasteiger partial charge in [0.05, 0.1) is 0 Å². The van der Waals surface area contributed by atoms with Crippen LogP contribution in [0.15, 0.2) is 30.3 Å². The van der Waals surface area contributed by atoms with Crippen molar-refractivity contribution in [1.29, 1.82) is 0 Å². The Labute approximate surface area is 139 Å². The molecule has 4 nitrogen and oxygen atoms in total. The van der Waals surface area contributed by atoms with Gasteiger partial charge in [0, 0.05) is 24.4 Å². The van der Waals surface area contributed by atoms with E-state index in [1.54, 1.807) is 0 Å². The molecule has 1 amide bonds. The monoisotopic (exact) mass is 337 g/mol. The molecular formula is C18H21F2NO3. The van der Waals surface area contributed by atoms with E-state index in [0.29, 0.717) is 0 Å². The normalized spacial score (nSPS) is 25.0. The Kier molecular flexibility index (Phi) is 4.32. The van der Waals surface area contributed by atoms with E-state index in [4.69, 9.17) is 4.74 Å². The molecule has 1 aromatic carbocycles. The summed E-state index contributed by atoms with van der Waals surface area (Å²) in [5.41, 5.74) is -0.0853. The minimum atomic E-state index is -3.24. The van der Waals surface area contributed by atoms with Gasteiger partial charge in [-0.1, -0.05) is 37.3 Å². The molecule has 0 unspecified atom stereocenters. The smallest absolute Gasteiger partial charge is 0.410 e. The molecule has 0 radical (unpaired) electrons. The lowest BCUT2D eigenvalue weighted by Crippen LogP contribution is -2.47. The van der Waals surface area contributed by atoms with Gasteiger partial charge in [-0.15, -0.1) is 0 Å². The Hall–Kier alpha value is -1.98. The van der Waals surface area contributed by atoms with Crippen molar-refractivity contribution in [1.82, 2.24) is 4.90 Å². The molecule has 2 aliphatic rings. The molecule has 1 atom stereocenters. The molecule has 0 aromatic heterocycles. The van der Waals surface area contributed by atoms with Gasteiger partial charge in [-0.05, 0) is 24.8 Å². The third kappa shape index (κ3) is 2.89. The van der Waals surface area contributed by atoms with Gasteiger partial charge in [0.15, 0.2) is 0 Å². The quantitative estimate of drug-likeness (QED) is 0.827. The molecular weight excluding hydrogens is 316 g/mol. The lowest BCUT2D eigenvalue weighted by molar-refractivity contribution is -0.150. The van der Waals surface area contributed by atoms with E-state index in [1.165, 1.54) is 11.8 Å². The van der Waals surface area contributed by atoms with Crippen molar-refractivity contribution in [2.24, 2.45) is 11.3 Å². The average Bonchev–Trinajstić information content (AvgIpc) is 2.75. The van der Waals surface area contributed by atoms with Crippen molar-refractivity contribution in [3.05, 3.63) is 35.9 Å². The van der Waals surface area contributed by atoms with E-state index in [9.17, 15) is 18.4 Å². The second kappa shape index (κ2) is 6.15. The van der Waals surface area contributed by atoms with E-state index in [0.717, 1.165) is 5.56 Å². The standard InChI is InChI=1S/C18H21F2NO3/c1-13-11-17(15(22)18(13,19)20)7-9-21(10-8-17)16(23)24-12-14-5-3-2-4-6-14/h2-6,13H,7-12H2,1H3/t13-/m1/s1. The molecule has 24 heavy (non-hydrogen) atoms. The highest BCUT2D eigenvalue weighted by Gasteiger charge is 2.62. The lowest BCUT2D eigenvalue weighted by Gasteiger charge is -2.37. The SMILES string of the molecule is C[C@@H]1CC2(CCN(C(=O)OCc3ccccc3)CC2)C(=O)C1(F)F. The van der Waals surface area contributed by atoms with Gasteiger partial charge in [-0.25, -0.2) is 4.79 Å². The van der Waals surface area contributed by atoms with Crippen molar-refractivity contribution in [2.45, 2.75) is 38.7 Å². The molecule has 3 rings (SSSR count). The highest BCUT2D eigenvalue weighted by atomic mass is 19.3. The number of Topliss-reactive ketones (excluding diaryl/α,β-unsaturated/α-hetero) is 1. The molecule has 1 spiro atoms. The van der Waals surface area contributed by atoms with E-state index in [2.05, 4.69) is 0 Å². The molecule has 1 aliphatic heterocycles. The summed E-state index contributed by atoms with van der Waals surface area (Å²) in [5.74, 6) is -5.11. The second-order valence-electron chi connectivity index (χ2n) is 6.86. The number of carbonyl (C=O) groups is 2. The fourth-order valence-corrected chi connectivity index (χ4v) is 3.74. The molecule has 130 valence electrons. The van der Waals surface area contributed by atoms with Crippen LogP contribution in [0.4, 0.5) is 13.6 Å². The average molecular weight is 337 g/mol. The lowest BCUT2D eigenvalue weighted by atomic mass is 9.75. The van der Waals surface area contributed by atoms with Gasteiger partial charge in [0.1, 0.15) is 6.61 Å². The number of benzene rings is 1. The number of alkyl halides is 2. The summed E-state index contributed by atoms with van der Waals surface area (Å²) in [4.78, 5) is 25.7. The Bertz CT molecular complexity index is 624. The first kappa shape index (κ1) is 16.9. The summed E-state index contributed by atoms with van der Waals surface area (Å²) in [6.45, 7) is 2.16. The second-order valence-corrected chi connectivity index (χ2v) is 6.86. The first-order chi connectivity index (χ1) is 11.3. The maximum atomic E-state index is 13.9. The summed E-state index contributed by atoms with van der Waals surface area (Å²) < 4.78 is 33.0. The number of likely N-dealkylation sites (tertiary alicyclic amines) is 1. The topological polar surface area (TPSA) is 46.6 Å². The van der Waals surface area contributed by atoms with Crippen molar-refractivity contribution in [2.75, 3.05) is 13.1 Å². The molecule has 6 heteroatoms. The molecule has 1 aromatic rings. The molecule has 0 bridgehead atoms. The predicted molar refractivity (Wildman–Crippen MR) is 83.6 cm³/mol. The van der Waals surface area contributed by atoms with Crippen LogP contribution in [0, 0.1) is 11.3 Å². The predicted octanol–water partition coefficient (Wildman–Crippen LogP) is 3.65. The molecule has 1 heterocycles. The summed E-state index contributed by atoms with van der Waals surface area (Å²) in [5, 5.41) is 0. The van der Waals surface area contributed by atoms with Crippen molar-refractivity contribution in [3.63, 3.8) is 0 Å². The van der Waals surface area contributed by atoms with Crippen LogP contribution in [-0.4, -0.2) is 35.8 Å². The highest BCUT2D eigenvalue weighted by Crippen LogP contribution is 2.52. The number of hydrogen-bond donors (Lipinski definition) is 0. The van der Waals surface area contributed by atoms with E-state index >= 15 is 0 Å². The number of ketones is 1. The first-order valence-corrected chi connectivity index (χ1v) is 8.23. The molecule has 1 saturated carbocycles. The largest absolute Gasteiger partial charge is 0.445 e. The van der Waals surface area contributed by atoms with Crippen LogP contribution < -0.4 is 0 Å². The van der Waals surface area contributed by atoms with Crippen LogP contribution in [0.3, 0.4) is 0 Å². The number of amides is 1. The van der Waals surface area contributed by atoms with Gasteiger partial charge in [0.25, 0.3) is 0 Å².